The lowest BCUT2D eigenvalue weighted by molar-refractivity contribution is 0.0991. The Labute approximate surface area is 162 Å². The fourth-order valence-corrected chi connectivity index (χ4v) is 1.02. The van der Waals surface area contributed by atoms with Crippen LogP contribution in [0, 0.1) is 0 Å². The molecule has 4 N–H and O–H groups in total. The topological polar surface area (TPSA) is 112 Å². The summed E-state index contributed by atoms with van der Waals surface area (Å²) in [6.45, 7) is 0. The van der Waals surface area contributed by atoms with Crippen LogP contribution in [-0.2, 0) is 0 Å². The van der Waals surface area contributed by atoms with Crippen molar-refractivity contribution in [3.8, 4) is 0 Å². The van der Waals surface area contributed by atoms with Gasteiger partial charge in [0, 0.05) is 62.0 Å². The van der Waals surface area contributed by atoms with Crippen LogP contribution < -0.4 is 11.5 Å². The van der Waals surface area contributed by atoms with Crippen molar-refractivity contribution in [3.05, 3.63) is 60.2 Å². The quantitative estimate of drug-likeness (QED) is 0.500. The average Bonchev–Trinajstić information content (AvgIpc) is 2.51. The Balaban J connectivity index is 0. The van der Waals surface area contributed by atoms with Gasteiger partial charge in [0.05, 0.1) is 11.1 Å². The van der Waals surface area contributed by atoms with Crippen LogP contribution in [0.2, 0.25) is 0 Å². The van der Waals surface area contributed by atoms with Gasteiger partial charge in [-0.2, -0.15) is 0 Å². The number of hydrogen-bond donors (Lipinski definition) is 2. The van der Waals surface area contributed by atoms with Crippen LogP contribution in [0.3, 0.4) is 0 Å². The van der Waals surface area contributed by atoms with Crippen molar-refractivity contribution in [1.82, 2.24) is 9.97 Å². The number of carbonyl (C=O) groups excluding carboxylic acids is 2. The lowest BCUT2D eigenvalue weighted by Crippen LogP contribution is -2.10. The fourth-order valence-electron chi connectivity index (χ4n) is 1.02. The summed E-state index contributed by atoms with van der Waals surface area (Å²) in [7, 11) is 0. The Hall–Kier alpha value is -0.570. The second kappa shape index (κ2) is 14.4. The number of carbonyl (C=O) groups is 2. The van der Waals surface area contributed by atoms with Gasteiger partial charge in [0.2, 0.25) is 11.8 Å². The zero-order chi connectivity index (χ0) is 15.4. The van der Waals surface area contributed by atoms with Gasteiger partial charge in [-0.15, -0.1) is 24.0 Å². The first-order valence-electron chi connectivity index (χ1n) is 5.15. The van der Waals surface area contributed by atoms with Gasteiger partial charge in [-0.3, -0.25) is 19.6 Å². The largest absolute Gasteiger partial charge is 0.366 e. The zero-order valence-corrected chi connectivity index (χ0v) is 17.3. The first kappa shape index (κ1) is 22.7. The highest BCUT2D eigenvalue weighted by Gasteiger charge is 1.95. The van der Waals surface area contributed by atoms with E-state index in [4.69, 9.17) is 11.5 Å². The Morgan fingerprint density at radius 3 is 1.33 bits per heavy atom. The van der Waals surface area contributed by atoms with E-state index < -0.39 is 11.8 Å². The molecule has 0 aliphatic heterocycles. The first-order chi connectivity index (χ1) is 9.61. The van der Waals surface area contributed by atoms with E-state index in [-0.39, 0.29) is 24.0 Å². The van der Waals surface area contributed by atoms with Gasteiger partial charge >= 0.3 is 0 Å². The number of pyridine rings is 2. The molecule has 2 aromatic heterocycles. The van der Waals surface area contributed by atoms with Crippen LogP contribution in [0.5, 0.6) is 0 Å². The van der Waals surface area contributed by atoms with Gasteiger partial charge < -0.3 is 11.5 Å². The van der Waals surface area contributed by atoms with Crippen LogP contribution in [0.15, 0.2) is 49.1 Å². The number of nitrogens with zero attached hydrogens (tertiary/aromatic N) is 2. The maximum atomic E-state index is 10.4. The molecule has 0 radical (unpaired) electrons. The highest BCUT2D eigenvalue weighted by Crippen LogP contribution is 1.92. The fraction of sp³-hybridized carbons (Fsp3) is 0. The van der Waals surface area contributed by atoms with E-state index in [1.807, 2.05) is 0 Å². The van der Waals surface area contributed by atoms with Gasteiger partial charge in [-0.05, 0) is 24.3 Å². The van der Waals surface area contributed by atoms with Crippen LogP contribution in [-0.4, -0.2) is 21.8 Å². The molecule has 2 rings (SSSR count). The molecule has 2 heterocycles. The zero-order valence-electron chi connectivity index (χ0n) is 10.6. The summed E-state index contributed by atoms with van der Waals surface area (Å²) in [6, 6.07) is 6.57. The third-order valence-electron chi connectivity index (χ3n) is 1.89. The van der Waals surface area contributed by atoms with E-state index >= 15 is 0 Å². The van der Waals surface area contributed by atoms with E-state index in [0.717, 1.165) is 0 Å². The number of hydrogen-bond acceptors (Lipinski definition) is 4. The second-order valence-electron chi connectivity index (χ2n) is 3.21. The minimum Gasteiger partial charge on any atom is -0.366 e. The molecule has 2 amide bonds. The molecule has 0 fully saturated rings. The van der Waals surface area contributed by atoms with Crippen molar-refractivity contribution in [2.45, 2.75) is 0 Å². The highest BCUT2D eigenvalue weighted by atomic mass is 128. The number of primary amides is 2. The molecule has 6 nitrogen and oxygen atoms in total. The normalized spacial score (nSPS) is 7.90. The van der Waals surface area contributed by atoms with Crippen LogP contribution in [0.4, 0.5) is 0 Å². The summed E-state index contributed by atoms with van der Waals surface area (Å²) >= 11 is 4.24. The predicted molar refractivity (Wildman–Crippen MR) is 109 cm³/mol. The molecule has 0 aromatic carbocycles. The molecular weight excluding hydrogens is 613 g/mol. The summed E-state index contributed by atoms with van der Waals surface area (Å²) in [5.74, 6) is -0.883. The van der Waals surface area contributed by atoms with E-state index in [0.29, 0.717) is 11.1 Å². The van der Waals surface area contributed by atoms with Crippen molar-refractivity contribution >= 4 is 73.0 Å². The standard InChI is InChI=1S/2C6H6N2O.I2.HI/c2*7-6(9)5-2-1-3-8-4-5;1-2;/h2*1-4H,(H2,7,9);;1H. The monoisotopic (exact) mass is 626 g/mol. The van der Waals surface area contributed by atoms with Gasteiger partial charge in [-0.25, -0.2) is 0 Å². The molecule has 0 unspecified atom stereocenters. The van der Waals surface area contributed by atoms with Gasteiger partial charge in [0.25, 0.3) is 0 Å². The molecule has 0 atom stereocenters. The highest BCUT2D eigenvalue weighted by molar-refractivity contribution is 15.0. The van der Waals surface area contributed by atoms with Crippen LogP contribution in [0.1, 0.15) is 20.7 Å². The molecule has 0 aliphatic carbocycles. The Kier molecular flexibility index (Phi) is 15.5. The van der Waals surface area contributed by atoms with E-state index in [2.05, 4.69) is 47.2 Å². The number of aromatic nitrogens is 2. The summed E-state index contributed by atoms with van der Waals surface area (Å²) in [4.78, 5) is 28.2. The molecule has 21 heavy (non-hydrogen) atoms. The lowest BCUT2D eigenvalue weighted by Gasteiger charge is -1.88. The van der Waals surface area contributed by atoms with Crippen LogP contribution >= 0.6 is 61.2 Å². The smallest absolute Gasteiger partial charge is 0.250 e. The third kappa shape index (κ3) is 10.8. The van der Waals surface area contributed by atoms with Crippen LogP contribution in [0.25, 0.3) is 0 Å². The van der Waals surface area contributed by atoms with Crippen molar-refractivity contribution in [3.63, 3.8) is 0 Å². The molecule has 2 aromatic rings. The first-order valence-corrected chi connectivity index (χ1v) is 11.4. The van der Waals surface area contributed by atoms with Gasteiger partial charge in [0.1, 0.15) is 0 Å². The summed E-state index contributed by atoms with van der Waals surface area (Å²) in [5.41, 5.74) is 10.8. The molecule has 9 heteroatoms. The van der Waals surface area contributed by atoms with Gasteiger partial charge in [-0.1, -0.05) is 0 Å². The maximum absolute atomic E-state index is 10.4. The van der Waals surface area contributed by atoms with E-state index in [9.17, 15) is 9.59 Å². The minimum atomic E-state index is -0.442. The number of nitrogens with two attached hydrogens (primary N) is 2. The SMILES string of the molecule is I.II.NC(=O)c1cccnc1.NC(=O)c1cccnc1. The second-order valence-corrected chi connectivity index (χ2v) is 3.21. The summed E-state index contributed by atoms with van der Waals surface area (Å²) in [6.07, 6.45) is 6.05. The maximum Gasteiger partial charge on any atom is 0.250 e. The molecule has 0 aliphatic rings. The van der Waals surface area contributed by atoms with Crippen molar-refractivity contribution in [2.24, 2.45) is 11.5 Å². The Morgan fingerprint density at radius 1 is 0.857 bits per heavy atom. The average molecular weight is 626 g/mol. The van der Waals surface area contributed by atoms with Crippen molar-refractivity contribution in [1.29, 1.82) is 0 Å². The molecule has 0 bridgehead atoms. The Morgan fingerprint density at radius 2 is 1.19 bits per heavy atom. The van der Waals surface area contributed by atoms with E-state index in [1.54, 1.807) is 36.7 Å². The lowest BCUT2D eigenvalue weighted by atomic mass is 10.3. The molecule has 0 saturated heterocycles. The van der Waals surface area contributed by atoms with E-state index in [1.165, 1.54) is 12.4 Å². The number of amides is 2. The molecule has 114 valence electrons. The van der Waals surface area contributed by atoms with Gasteiger partial charge in [0.15, 0.2) is 0 Å². The molecule has 0 spiro atoms. The number of halogens is 3. The Bertz CT molecular complexity index is 477. The predicted octanol–water partition coefficient (Wildman–Crippen LogP) is 2.75. The summed E-state index contributed by atoms with van der Waals surface area (Å²) < 4.78 is 0. The molecule has 0 saturated carbocycles. The third-order valence-corrected chi connectivity index (χ3v) is 1.89. The minimum absolute atomic E-state index is 0. The summed E-state index contributed by atoms with van der Waals surface area (Å²) in [5, 5.41) is 0. The van der Waals surface area contributed by atoms with Crippen molar-refractivity contribution in [2.75, 3.05) is 0 Å². The molecular formula is C12H13I3N4O2. The van der Waals surface area contributed by atoms with Crippen molar-refractivity contribution < 1.29 is 9.59 Å². The number of rotatable bonds is 2.